The van der Waals surface area contributed by atoms with Crippen molar-refractivity contribution in [1.82, 2.24) is 10.2 Å². The van der Waals surface area contributed by atoms with Gasteiger partial charge in [0.25, 0.3) is 5.91 Å². The van der Waals surface area contributed by atoms with Crippen LogP contribution in [0.2, 0.25) is 0 Å². The van der Waals surface area contributed by atoms with Crippen molar-refractivity contribution < 1.29 is 24.2 Å². The minimum absolute atomic E-state index is 0.0121. The van der Waals surface area contributed by atoms with Gasteiger partial charge in [-0.25, -0.2) is 4.79 Å². The predicted molar refractivity (Wildman–Crippen MR) is 91.5 cm³/mol. The quantitative estimate of drug-likeness (QED) is 0.815. The average molecular weight is 348 g/mol. The van der Waals surface area contributed by atoms with E-state index in [0.717, 1.165) is 0 Å². The maximum absolute atomic E-state index is 12.5. The molecule has 25 heavy (non-hydrogen) atoms. The lowest BCUT2D eigenvalue weighted by molar-refractivity contribution is -0.148. The van der Waals surface area contributed by atoms with E-state index >= 15 is 0 Å². The zero-order valence-corrected chi connectivity index (χ0v) is 14.7. The first kappa shape index (κ1) is 18.8. The minimum atomic E-state index is -1.01. The molecule has 1 aliphatic rings. The molecule has 1 aromatic carbocycles. The average Bonchev–Trinajstić information content (AvgIpc) is 3.03. The van der Waals surface area contributed by atoms with Gasteiger partial charge in [-0.2, -0.15) is 0 Å². The number of carboxylic acid groups (broad SMARTS) is 1. The van der Waals surface area contributed by atoms with Crippen molar-refractivity contribution in [3.8, 4) is 5.75 Å². The molecule has 0 saturated carbocycles. The maximum atomic E-state index is 12.5. The molecule has 1 aromatic rings. The minimum Gasteiger partial charge on any atom is -0.491 e. The first-order valence-electron chi connectivity index (χ1n) is 8.40. The topological polar surface area (TPSA) is 95.9 Å². The normalized spacial score (nSPS) is 18.1. The molecule has 136 valence electrons. The predicted octanol–water partition coefficient (Wildman–Crippen LogP) is 1.67. The second kappa shape index (κ2) is 8.00. The van der Waals surface area contributed by atoms with E-state index in [2.05, 4.69) is 5.32 Å². The monoisotopic (exact) mass is 348 g/mol. The highest BCUT2D eigenvalue weighted by molar-refractivity contribution is 5.98. The van der Waals surface area contributed by atoms with Crippen LogP contribution < -0.4 is 10.1 Å². The molecule has 1 saturated heterocycles. The number of nitrogens with one attached hydrogen (secondary N) is 1. The number of amides is 2. The lowest BCUT2D eigenvalue weighted by atomic mass is 10.1. The van der Waals surface area contributed by atoms with E-state index in [9.17, 15) is 19.5 Å². The molecule has 2 N–H and O–H groups in total. The Bertz CT molecular complexity index is 659. The summed E-state index contributed by atoms with van der Waals surface area (Å²) in [7, 11) is 0. The van der Waals surface area contributed by atoms with Crippen molar-refractivity contribution >= 4 is 17.8 Å². The Labute approximate surface area is 147 Å². The fourth-order valence-corrected chi connectivity index (χ4v) is 2.86. The Morgan fingerprint density at radius 2 is 2.00 bits per heavy atom. The first-order chi connectivity index (χ1) is 11.8. The molecular formula is C18H24N2O5. The van der Waals surface area contributed by atoms with Crippen molar-refractivity contribution in [3.05, 3.63) is 29.8 Å². The van der Waals surface area contributed by atoms with Gasteiger partial charge in [0, 0.05) is 12.1 Å². The van der Waals surface area contributed by atoms with Crippen LogP contribution in [0.4, 0.5) is 0 Å². The summed E-state index contributed by atoms with van der Waals surface area (Å²) in [6.07, 6.45) is 1.08. The van der Waals surface area contributed by atoms with Gasteiger partial charge in [-0.15, -0.1) is 0 Å². The van der Waals surface area contributed by atoms with Crippen LogP contribution in [0, 0.1) is 0 Å². The molecule has 7 heteroatoms. The summed E-state index contributed by atoms with van der Waals surface area (Å²) in [4.78, 5) is 37.4. The largest absolute Gasteiger partial charge is 0.491 e. The number of aliphatic carboxylic acids is 1. The summed E-state index contributed by atoms with van der Waals surface area (Å²) in [5, 5.41) is 11.8. The molecule has 2 unspecified atom stereocenters. The lowest BCUT2D eigenvalue weighted by Gasteiger charge is -2.25. The third-order valence-electron chi connectivity index (χ3n) is 4.01. The van der Waals surface area contributed by atoms with E-state index in [1.165, 1.54) is 4.90 Å². The van der Waals surface area contributed by atoms with Gasteiger partial charge in [-0.1, -0.05) is 6.07 Å². The lowest BCUT2D eigenvalue weighted by Crippen LogP contribution is -2.50. The van der Waals surface area contributed by atoms with Gasteiger partial charge < -0.3 is 20.1 Å². The summed E-state index contributed by atoms with van der Waals surface area (Å²) in [6, 6.07) is 5.10. The van der Waals surface area contributed by atoms with E-state index in [-0.39, 0.29) is 12.0 Å². The van der Waals surface area contributed by atoms with Crippen LogP contribution in [0.3, 0.4) is 0 Å². The van der Waals surface area contributed by atoms with Gasteiger partial charge in [0.05, 0.1) is 6.10 Å². The number of carbonyl (C=O) groups is 3. The molecule has 2 rings (SSSR count). The molecule has 1 aliphatic heterocycles. The van der Waals surface area contributed by atoms with Crippen LogP contribution in [0.5, 0.6) is 5.75 Å². The fourth-order valence-electron chi connectivity index (χ4n) is 2.86. The van der Waals surface area contributed by atoms with Crippen LogP contribution in [0.25, 0.3) is 0 Å². The van der Waals surface area contributed by atoms with Crippen LogP contribution in [-0.2, 0) is 9.59 Å². The summed E-state index contributed by atoms with van der Waals surface area (Å²) in [5.74, 6) is -1.22. The Hall–Kier alpha value is -2.57. The maximum Gasteiger partial charge on any atom is 0.326 e. The van der Waals surface area contributed by atoms with Gasteiger partial charge in [-0.05, 0) is 51.8 Å². The summed E-state index contributed by atoms with van der Waals surface area (Å²) < 4.78 is 5.56. The van der Waals surface area contributed by atoms with Crippen LogP contribution in [0.1, 0.15) is 44.0 Å². The van der Waals surface area contributed by atoms with Gasteiger partial charge in [-0.3, -0.25) is 9.59 Å². The van der Waals surface area contributed by atoms with E-state index in [0.29, 0.717) is 30.7 Å². The zero-order chi connectivity index (χ0) is 18.6. The van der Waals surface area contributed by atoms with Gasteiger partial charge in [0.15, 0.2) is 0 Å². The van der Waals surface area contributed by atoms with Gasteiger partial charge in [0.1, 0.15) is 17.8 Å². The van der Waals surface area contributed by atoms with E-state index < -0.39 is 24.0 Å². The van der Waals surface area contributed by atoms with Crippen molar-refractivity contribution in [2.75, 3.05) is 6.54 Å². The number of nitrogens with zero attached hydrogens (tertiary/aromatic N) is 1. The molecule has 0 aromatic heterocycles. The third-order valence-corrected chi connectivity index (χ3v) is 4.01. The number of rotatable bonds is 6. The number of carbonyl (C=O) groups excluding carboxylic acids is 2. The number of ether oxygens (including phenoxy) is 1. The highest BCUT2D eigenvalue weighted by atomic mass is 16.5. The van der Waals surface area contributed by atoms with E-state index in [1.54, 1.807) is 31.2 Å². The van der Waals surface area contributed by atoms with E-state index in [4.69, 9.17) is 4.74 Å². The van der Waals surface area contributed by atoms with Crippen molar-refractivity contribution in [2.45, 2.75) is 51.8 Å². The highest BCUT2D eigenvalue weighted by Crippen LogP contribution is 2.19. The van der Waals surface area contributed by atoms with Crippen molar-refractivity contribution in [1.29, 1.82) is 0 Å². The second-order valence-electron chi connectivity index (χ2n) is 6.42. The summed E-state index contributed by atoms with van der Waals surface area (Å²) >= 11 is 0. The molecular weight excluding hydrogens is 324 g/mol. The first-order valence-corrected chi connectivity index (χ1v) is 8.40. The summed E-state index contributed by atoms with van der Waals surface area (Å²) in [5.41, 5.74) is 0.383. The molecule has 7 nitrogen and oxygen atoms in total. The molecule has 0 radical (unpaired) electrons. The van der Waals surface area contributed by atoms with Crippen LogP contribution in [0.15, 0.2) is 24.3 Å². The van der Waals surface area contributed by atoms with Crippen molar-refractivity contribution in [2.24, 2.45) is 0 Å². The number of benzene rings is 1. The molecule has 1 heterocycles. The Morgan fingerprint density at radius 1 is 1.28 bits per heavy atom. The molecule has 1 fully saturated rings. The molecule has 2 atom stereocenters. The van der Waals surface area contributed by atoms with Crippen LogP contribution >= 0.6 is 0 Å². The third kappa shape index (κ3) is 4.71. The summed E-state index contributed by atoms with van der Waals surface area (Å²) in [6.45, 7) is 5.74. The highest BCUT2D eigenvalue weighted by Gasteiger charge is 2.36. The number of hydrogen-bond donors (Lipinski definition) is 2. The number of likely N-dealkylation sites (tertiary alicyclic amines) is 1. The van der Waals surface area contributed by atoms with Crippen LogP contribution in [-0.4, -0.2) is 52.5 Å². The molecule has 0 spiro atoms. The zero-order valence-electron chi connectivity index (χ0n) is 14.7. The number of hydrogen-bond acceptors (Lipinski definition) is 4. The SMILES string of the molecule is CC(C)Oc1cccc(C(=O)NC(C)C(=O)N2CCCC2C(=O)O)c1. The fraction of sp³-hybridized carbons (Fsp3) is 0.500. The Morgan fingerprint density at radius 3 is 2.64 bits per heavy atom. The van der Waals surface area contributed by atoms with Gasteiger partial charge in [0.2, 0.25) is 5.91 Å². The smallest absolute Gasteiger partial charge is 0.326 e. The Kier molecular flexibility index (Phi) is 6.01. The number of carboxylic acids is 1. The second-order valence-corrected chi connectivity index (χ2v) is 6.42. The van der Waals surface area contributed by atoms with E-state index in [1.807, 2.05) is 13.8 Å². The Balaban J connectivity index is 2.02. The molecule has 0 aliphatic carbocycles. The molecule has 2 amide bonds. The molecule has 0 bridgehead atoms. The standard InChI is InChI=1S/C18H24N2O5/c1-11(2)25-14-7-4-6-13(10-14)16(21)19-12(3)17(22)20-9-5-8-15(20)18(23)24/h4,6-7,10-12,15H,5,8-9H2,1-3H3,(H,19,21)(H,23,24). The van der Waals surface area contributed by atoms with Crippen molar-refractivity contribution in [3.63, 3.8) is 0 Å². The van der Waals surface area contributed by atoms with Gasteiger partial charge >= 0.3 is 5.97 Å².